The molecule has 0 aromatic heterocycles. The SMILES string of the molecule is CNc1ccc(CC2OC(=O)C(CC(C)C)N(C)C(=O)C(C)OC(=O)C(CC(C)C)N(C)C(=O)C(Cc3ccc(NC)cc3)OC(=O)C(CC(C)C)N(C)C(=O)C(C)OC(=O)C(CC(C)C)N(C)C2=O)cc1. The van der Waals surface area contributed by atoms with Crippen molar-refractivity contribution < 1.29 is 57.3 Å². The molecule has 2 aromatic rings. The highest BCUT2D eigenvalue weighted by Gasteiger charge is 2.43. The number of carbonyl (C=O) groups is 8. The minimum atomic E-state index is -1.50. The number of esters is 4. The third-order valence-electron chi connectivity index (χ3n) is 12.8. The van der Waals surface area contributed by atoms with Crippen LogP contribution in [0.4, 0.5) is 11.4 Å². The van der Waals surface area contributed by atoms with Crippen molar-refractivity contribution in [1.29, 1.82) is 0 Å². The number of anilines is 2. The number of amides is 4. The van der Waals surface area contributed by atoms with Gasteiger partial charge in [-0.05, 0) is 98.6 Å². The standard InChI is InChI=1S/C54H82N6O12/c1-31(2)25-41-51(65)69-35(9)47(61)57(13)44(28-34(7)8)54(68)72-46(30-38-19-23-40(56-12)24-20-38)50(64)60(16)42(26-32(3)4)52(66)70-36(10)48(62)58(14)43(27-33(5)6)53(67)71-45(49(63)59(41)15)29-37-17-21-39(55-11)22-18-37/h17-24,31-36,41-46,55-56H,25-30H2,1-16H3. The zero-order valence-electron chi connectivity index (χ0n) is 45.5. The van der Waals surface area contributed by atoms with Crippen LogP contribution >= 0.6 is 0 Å². The van der Waals surface area contributed by atoms with Crippen LogP contribution in [-0.4, -0.2) is 158 Å². The molecule has 1 aliphatic rings. The summed E-state index contributed by atoms with van der Waals surface area (Å²) in [5.74, 6) is -7.27. The largest absolute Gasteiger partial charge is 0.451 e. The number of hydrogen-bond acceptors (Lipinski definition) is 14. The number of ether oxygens (including phenoxy) is 4. The molecular weight excluding hydrogens is 925 g/mol. The number of likely N-dealkylation sites (N-methyl/N-ethyl adjacent to an activating group) is 4. The minimum absolute atomic E-state index is 0.0983. The summed E-state index contributed by atoms with van der Waals surface area (Å²) < 4.78 is 23.9. The molecule has 4 amide bonds. The average Bonchev–Trinajstić information content (AvgIpc) is 3.33. The first-order valence-corrected chi connectivity index (χ1v) is 25.1. The molecule has 8 atom stereocenters. The molecule has 18 heteroatoms. The Morgan fingerprint density at radius 1 is 0.403 bits per heavy atom. The molecule has 1 aliphatic heterocycles. The molecule has 2 aromatic carbocycles. The lowest BCUT2D eigenvalue weighted by atomic mass is 10.00. The lowest BCUT2D eigenvalue weighted by molar-refractivity contribution is -0.176. The van der Waals surface area contributed by atoms with E-state index in [4.69, 9.17) is 18.9 Å². The fourth-order valence-corrected chi connectivity index (χ4v) is 8.52. The van der Waals surface area contributed by atoms with E-state index in [1.165, 1.54) is 42.0 Å². The molecule has 8 unspecified atom stereocenters. The Morgan fingerprint density at radius 3 is 0.875 bits per heavy atom. The Morgan fingerprint density at radius 2 is 0.639 bits per heavy atom. The van der Waals surface area contributed by atoms with Crippen LogP contribution in [0.5, 0.6) is 0 Å². The predicted octanol–water partition coefficient (Wildman–Crippen LogP) is 5.75. The number of carbonyl (C=O) groups excluding carboxylic acids is 8. The molecule has 2 N–H and O–H groups in total. The Balaban J connectivity index is 2.27. The first-order chi connectivity index (χ1) is 33.7. The third kappa shape index (κ3) is 17.0. The zero-order chi connectivity index (χ0) is 54.3. The second kappa shape index (κ2) is 27.6. The number of nitrogens with one attached hydrogen (secondary N) is 2. The lowest BCUT2D eigenvalue weighted by Crippen LogP contribution is -2.55. The first kappa shape index (κ1) is 60.1. The van der Waals surface area contributed by atoms with Gasteiger partial charge in [0.25, 0.3) is 23.6 Å². The van der Waals surface area contributed by atoms with Crippen molar-refractivity contribution in [2.24, 2.45) is 23.7 Å². The van der Waals surface area contributed by atoms with Gasteiger partial charge in [0, 0.05) is 66.5 Å². The maximum Gasteiger partial charge on any atom is 0.329 e. The number of cyclic esters (lactones) is 4. The van der Waals surface area contributed by atoms with Crippen LogP contribution in [0.1, 0.15) is 106 Å². The van der Waals surface area contributed by atoms with E-state index in [-0.39, 0.29) is 62.2 Å². The normalized spacial score (nSPS) is 24.4. The van der Waals surface area contributed by atoms with Gasteiger partial charge in [-0.1, -0.05) is 79.7 Å². The molecule has 0 spiro atoms. The van der Waals surface area contributed by atoms with Crippen molar-refractivity contribution in [2.45, 2.75) is 156 Å². The summed E-state index contributed by atoms with van der Waals surface area (Å²) in [6.07, 6.45) is -5.75. The molecule has 0 radical (unpaired) electrons. The van der Waals surface area contributed by atoms with Gasteiger partial charge in [0.2, 0.25) is 0 Å². The van der Waals surface area contributed by atoms with E-state index >= 15 is 0 Å². The van der Waals surface area contributed by atoms with Crippen LogP contribution in [-0.2, 0) is 70.1 Å². The van der Waals surface area contributed by atoms with Crippen molar-refractivity contribution in [2.75, 3.05) is 52.9 Å². The van der Waals surface area contributed by atoms with Crippen molar-refractivity contribution in [3.8, 4) is 0 Å². The van der Waals surface area contributed by atoms with Gasteiger partial charge in [-0.2, -0.15) is 0 Å². The van der Waals surface area contributed by atoms with E-state index < -0.39 is 96.1 Å². The number of benzene rings is 2. The van der Waals surface area contributed by atoms with Gasteiger partial charge < -0.3 is 49.2 Å². The van der Waals surface area contributed by atoms with Gasteiger partial charge in [-0.15, -0.1) is 0 Å². The Bertz CT molecular complexity index is 2000. The highest BCUT2D eigenvalue weighted by molar-refractivity contribution is 5.94. The van der Waals surface area contributed by atoms with Crippen LogP contribution < -0.4 is 10.6 Å². The fourth-order valence-electron chi connectivity index (χ4n) is 8.52. The van der Waals surface area contributed by atoms with Crippen LogP contribution in [0.2, 0.25) is 0 Å². The van der Waals surface area contributed by atoms with E-state index in [0.29, 0.717) is 11.1 Å². The highest BCUT2D eigenvalue weighted by atomic mass is 16.6. The molecule has 3 rings (SSSR count). The number of rotatable bonds is 14. The van der Waals surface area contributed by atoms with Gasteiger partial charge in [-0.3, -0.25) is 19.2 Å². The topological polar surface area (TPSA) is 210 Å². The number of nitrogens with zero attached hydrogens (tertiary/aromatic N) is 4. The van der Waals surface area contributed by atoms with Gasteiger partial charge in [0.1, 0.15) is 24.2 Å². The summed E-state index contributed by atoms with van der Waals surface area (Å²) in [7, 11) is 9.07. The molecule has 0 aliphatic carbocycles. The van der Waals surface area contributed by atoms with Crippen LogP contribution in [0.3, 0.4) is 0 Å². The maximum absolute atomic E-state index is 14.8. The fraction of sp³-hybridized carbons (Fsp3) is 0.630. The first-order valence-electron chi connectivity index (χ1n) is 25.1. The summed E-state index contributed by atoms with van der Waals surface area (Å²) in [6, 6.07) is 9.21. The molecule has 18 nitrogen and oxygen atoms in total. The van der Waals surface area contributed by atoms with Gasteiger partial charge >= 0.3 is 23.9 Å². The minimum Gasteiger partial charge on any atom is -0.451 e. The monoisotopic (exact) mass is 1010 g/mol. The van der Waals surface area contributed by atoms with Crippen molar-refractivity contribution >= 4 is 58.9 Å². The second-order valence-corrected chi connectivity index (χ2v) is 20.7. The quantitative estimate of drug-likeness (QED) is 0.171. The summed E-state index contributed by atoms with van der Waals surface area (Å²) in [5, 5.41) is 6.09. The molecule has 0 bridgehead atoms. The molecule has 1 heterocycles. The average molecular weight is 1010 g/mol. The summed E-state index contributed by atoms with van der Waals surface area (Å²) >= 11 is 0. The van der Waals surface area contributed by atoms with Gasteiger partial charge in [0.15, 0.2) is 24.4 Å². The lowest BCUT2D eigenvalue weighted by Gasteiger charge is -2.35. The van der Waals surface area contributed by atoms with E-state index in [9.17, 15) is 38.4 Å². The Kier molecular flexibility index (Phi) is 23.0. The van der Waals surface area contributed by atoms with E-state index in [1.54, 1.807) is 62.6 Å². The van der Waals surface area contributed by atoms with Gasteiger partial charge in [0.05, 0.1) is 0 Å². The van der Waals surface area contributed by atoms with E-state index in [2.05, 4.69) is 10.6 Å². The smallest absolute Gasteiger partial charge is 0.329 e. The Labute approximate surface area is 427 Å². The van der Waals surface area contributed by atoms with Crippen LogP contribution in [0.25, 0.3) is 0 Å². The molecule has 0 saturated carbocycles. The zero-order valence-corrected chi connectivity index (χ0v) is 45.5. The molecule has 1 fully saturated rings. The summed E-state index contributed by atoms with van der Waals surface area (Å²) in [6.45, 7) is 17.5. The highest BCUT2D eigenvalue weighted by Crippen LogP contribution is 2.25. The predicted molar refractivity (Wildman–Crippen MR) is 274 cm³/mol. The number of hydrogen-bond donors (Lipinski definition) is 2. The van der Waals surface area contributed by atoms with Crippen molar-refractivity contribution in [1.82, 2.24) is 19.6 Å². The Hall–Kier alpha value is -6.20. The van der Waals surface area contributed by atoms with Crippen LogP contribution in [0, 0.1) is 23.7 Å². The molecule has 400 valence electrons. The van der Waals surface area contributed by atoms with Gasteiger partial charge in [-0.25, -0.2) is 19.2 Å². The molecule has 72 heavy (non-hydrogen) atoms. The third-order valence-corrected chi connectivity index (χ3v) is 12.8. The van der Waals surface area contributed by atoms with Crippen molar-refractivity contribution in [3.63, 3.8) is 0 Å². The molecular formula is C54H82N6O12. The van der Waals surface area contributed by atoms with Crippen LogP contribution in [0.15, 0.2) is 48.5 Å². The van der Waals surface area contributed by atoms with Crippen molar-refractivity contribution in [3.05, 3.63) is 59.7 Å². The summed E-state index contributed by atoms with van der Waals surface area (Å²) in [4.78, 5) is 120. The molecule has 1 saturated heterocycles. The van der Waals surface area contributed by atoms with E-state index in [1.807, 2.05) is 55.4 Å². The summed E-state index contributed by atoms with van der Waals surface area (Å²) in [5.41, 5.74) is 2.85. The maximum atomic E-state index is 14.8. The van der Waals surface area contributed by atoms with E-state index in [0.717, 1.165) is 31.0 Å². The second-order valence-electron chi connectivity index (χ2n) is 20.7.